The van der Waals surface area contributed by atoms with Crippen LogP contribution in [0.1, 0.15) is 15.5 Å². The van der Waals surface area contributed by atoms with Gasteiger partial charge in [0.25, 0.3) is 0 Å². The maximum absolute atomic E-state index is 10.8. The van der Waals surface area contributed by atoms with Gasteiger partial charge in [-0.15, -0.1) is 23.7 Å². The normalized spacial score (nSPS) is 8.91. The van der Waals surface area contributed by atoms with Crippen LogP contribution in [0.3, 0.4) is 0 Å². The molecule has 1 heterocycles. The number of carbonyl (C=O) groups excluding carboxylic acids is 1. The summed E-state index contributed by atoms with van der Waals surface area (Å²) in [4.78, 5) is 14.8. The third-order valence-corrected chi connectivity index (χ3v) is 1.86. The summed E-state index contributed by atoms with van der Waals surface area (Å²) >= 11 is 1.46. The van der Waals surface area contributed by atoms with Gasteiger partial charge in [-0.3, -0.25) is 4.79 Å². The monoisotopic (exact) mass is 192 g/mol. The first-order valence-corrected chi connectivity index (χ1v) is 3.77. The van der Waals surface area contributed by atoms with Gasteiger partial charge in [0.05, 0.1) is 11.6 Å². The lowest BCUT2D eigenvalue weighted by Crippen LogP contribution is -2.13. The smallest absolute Gasteiger partial charge is 0.195 e. The van der Waals surface area contributed by atoms with Crippen molar-refractivity contribution < 1.29 is 4.79 Å². The second kappa shape index (κ2) is 4.43. The van der Waals surface area contributed by atoms with E-state index in [9.17, 15) is 4.79 Å². The standard InChI is InChI=1S/C6H8N2OS.ClH/c1-4-8-5(3-10-4)6(9)2-7;/h3H,2,7H2,1H3;1H. The number of aryl methyl sites for hydroxylation is 1. The van der Waals surface area contributed by atoms with Gasteiger partial charge in [-0.1, -0.05) is 0 Å². The predicted molar refractivity (Wildman–Crippen MR) is 47.5 cm³/mol. The first-order valence-electron chi connectivity index (χ1n) is 2.89. The average molecular weight is 193 g/mol. The molecule has 0 aliphatic heterocycles. The van der Waals surface area contributed by atoms with Crippen molar-refractivity contribution in [1.29, 1.82) is 0 Å². The minimum atomic E-state index is -0.0932. The second-order valence-corrected chi connectivity index (χ2v) is 2.94. The zero-order valence-corrected chi connectivity index (χ0v) is 7.67. The van der Waals surface area contributed by atoms with E-state index < -0.39 is 0 Å². The fraction of sp³-hybridized carbons (Fsp3) is 0.333. The highest BCUT2D eigenvalue weighted by Crippen LogP contribution is 2.07. The summed E-state index contributed by atoms with van der Waals surface area (Å²) in [6, 6.07) is 0. The molecule has 5 heteroatoms. The maximum Gasteiger partial charge on any atom is 0.195 e. The van der Waals surface area contributed by atoms with Crippen LogP contribution >= 0.6 is 23.7 Å². The van der Waals surface area contributed by atoms with Crippen molar-refractivity contribution in [1.82, 2.24) is 4.98 Å². The highest BCUT2D eigenvalue weighted by molar-refractivity contribution is 7.09. The summed E-state index contributed by atoms with van der Waals surface area (Å²) in [5.74, 6) is -0.0932. The van der Waals surface area contributed by atoms with Gasteiger partial charge in [-0.05, 0) is 6.92 Å². The largest absolute Gasteiger partial charge is 0.324 e. The van der Waals surface area contributed by atoms with E-state index in [-0.39, 0.29) is 24.7 Å². The number of ketones is 1. The lowest BCUT2D eigenvalue weighted by atomic mass is 10.3. The second-order valence-electron chi connectivity index (χ2n) is 1.88. The zero-order chi connectivity index (χ0) is 7.56. The first kappa shape index (κ1) is 10.6. The molecule has 0 bridgehead atoms. The number of Topliss-reactive ketones (excluding diaryl/α,β-unsaturated/α-hetero) is 1. The number of nitrogens with zero attached hydrogens (tertiary/aromatic N) is 1. The van der Waals surface area contributed by atoms with Crippen molar-refractivity contribution in [2.45, 2.75) is 6.92 Å². The van der Waals surface area contributed by atoms with Crippen molar-refractivity contribution >= 4 is 29.5 Å². The molecule has 1 aromatic rings. The highest BCUT2D eigenvalue weighted by atomic mass is 35.5. The molecule has 0 aromatic carbocycles. The first-order chi connectivity index (χ1) is 4.74. The molecular formula is C6H9ClN2OS. The van der Waals surface area contributed by atoms with E-state index in [0.717, 1.165) is 5.01 Å². The Morgan fingerprint density at radius 1 is 1.82 bits per heavy atom. The summed E-state index contributed by atoms with van der Waals surface area (Å²) < 4.78 is 0. The van der Waals surface area contributed by atoms with Gasteiger partial charge >= 0.3 is 0 Å². The van der Waals surface area contributed by atoms with E-state index in [1.807, 2.05) is 6.92 Å². The van der Waals surface area contributed by atoms with E-state index in [0.29, 0.717) is 5.69 Å². The maximum atomic E-state index is 10.8. The van der Waals surface area contributed by atoms with Gasteiger partial charge in [-0.2, -0.15) is 0 Å². The Morgan fingerprint density at radius 2 is 2.45 bits per heavy atom. The highest BCUT2D eigenvalue weighted by Gasteiger charge is 2.05. The molecule has 0 radical (unpaired) electrons. The van der Waals surface area contributed by atoms with Crippen LogP contribution in [0.2, 0.25) is 0 Å². The lowest BCUT2D eigenvalue weighted by Gasteiger charge is -1.86. The van der Waals surface area contributed by atoms with Crippen molar-refractivity contribution in [3.8, 4) is 0 Å². The number of nitrogens with two attached hydrogens (primary N) is 1. The van der Waals surface area contributed by atoms with Crippen molar-refractivity contribution in [2.75, 3.05) is 6.54 Å². The number of thiazole rings is 1. The number of carbonyl (C=O) groups is 1. The fourth-order valence-corrected chi connectivity index (χ4v) is 1.21. The van der Waals surface area contributed by atoms with Crippen molar-refractivity contribution in [2.24, 2.45) is 5.73 Å². The minimum Gasteiger partial charge on any atom is -0.324 e. The van der Waals surface area contributed by atoms with Gasteiger partial charge in [0.15, 0.2) is 5.78 Å². The van der Waals surface area contributed by atoms with E-state index in [1.165, 1.54) is 11.3 Å². The summed E-state index contributed by atoms with van der Waals surface area (Å²) in [5, 5.41) is 2.63. The molecule has 2 N–H and O–H groups in total. The van der Waals surface area contributed by atoms with E-state index in [4.69, 9.17) is 5.73 Å². The average Bonchev–Trinajstić information content (AvgIpc) is 2.34. The zero-order valence-electron chi connectivity index (χ0n) is 6.03. The number of rotatable bonds is 2. The molecule has 11 heavy (non-hydrogen) atoms. The van der Waals surface area contributed by atoms with Crippen molar-refractivity contribution in [3.63, 3.8) is 0 Å². The SMILES string of the molecule is Cc1nc(C(=O)CN)cs1.Cl. The molecule has 0 atom stereocenters. The Labute approximate surface area is 75.0 Å². The molecule has 0 fully saturated rings. The van der Waals surface area contributed by atoms with Crippen LogP contribution < -0.4 is 5.73 Å². The van der Waals surface area contributed by atoms with Crippen LogP contribution in [0.15, 0.2) is 5.38 Å². The number of hydrogen-bond donors (Lipinski definition) is 1. The van der Waals surface area contributed by atoms with Gasteiger partial charge in [0.2, 0.25) is 0 Å². The molecule has 0 unspecified atom stereocenters. The Morgan fingerprint density at radius 3 is 2.82 bits per heavy atom. The summed E-state index contributed by atoms with van der Waals surface area (Å²) in [6.07, 6.45) is 0. The third kappa shape index (κ3) is 2.57. The molecule has 3 nitrogen and oxygen atoms in total. The van der Waals surface area contributed by atoms with Crippen LogP contribution in [0.5, 0.6) is 0 Å². The van der Waals surface area contributed by atoms with Crippen molar-refractivity contribution in [3.05, 3.63) is 16.1 Å². The Kier molecular flexibility index (Phi) is 4.25. The lowest BCUT2D eigenvalue weighted by molar-refractivity contribution is 0.0997. The summed E-state index contributed by atoms with van der Waals surface area (Å²) in [6.45, 7) is 1.90. The summed E-state index contributed by atoms with van der Waals surface area (Å²) in [5.41, 5.74) is 5.62. The van der Waals surface area contributed by atoms with Crippen LogP contribution in [-0.4, -0.2) is 17.3 Å². The molecular weight excluding hydrogens is 184 g/mol. The van der Waals surface area contributed by atoms with Gasteiger partial charge in [-0.25, -0.2) is 4.98 Å². The number of halogens is 1. The Balaban J connectivity index is 0.000001000. The molecule has 0 aliphatic rings. The van der Waals surface area contributed by atoms with Crippen LogP contribution in [0.25, 0.3) is 0 Å². The van der Waals surface area contributed by atoms with Gasteiger partial charge in [0, 0.05) is 5.38 Å². The molecule has 0 saturated carbocycles. The van der Waals surface area contributed by atoms with E-state index in [1.54, 1.807) is 5.38 Å². The molecule has 0 spiro atoms. The molecule has 1 rings (SSSR count). The predicted octanol–water partition coefficient (Wildman–Crippen LogP) is 1.01. The molecule has 0 amide bonds. The van der Waals surface area contributed by atoms with Crippen LogP contribution in [0, 0.1) is 6.92 Å². The topological polar surface area (TPSA) is 56.0 Å². The molecule has 0 saturated heterocycles. The molecule has 1 aromatic heterocycles. The van der Waals surface area contributed by atoms with E-state index >= 15 is 0 Å². The number of hydrogen-bond acceptors (Lipinski definition) is 4. The Bertz CT molecular complexity index is 248. The quantitative estimate of drug-likeness (QED) is 0.712. The van der Waals surface area contributed by atoms with Crippen LogP contribution in [-0.2, 0) is 0 Å². The molecule has 62 valence electrons. The van der Waals surface area contributed by atoms with Gasteiger partial charge < -0.3 is 5.73 Å². The van der Waals surface area contributed by atoms with Gasteiger partial charge in [0.1, 0.15) is 5.69 Å². The minimum absolute atomic E-state index is 0. The van der Waals surface area contributed by atoms with E-state index in [2.05, 4.69) is 4.98 Å². The number of aromatic nitrogens is 1. The fourth-order valence-electron chi connectivity index (χ4n) is 0.596. The molecule has 0 aliphatic carbocycles. The summed E-state index contributed by atoms with van der Waals surface area (Å²) in [7, 11) is 0. The Hall–Kier alpha value is -0.450. The van der Waals surface area contributed by atoms with Crippen LogP contribution in [0.4, 0.5) is 0 Å². The third-order valence-electron chi connectivity index (χ3n) is 1.09.